The van der Waals surface area contributed by atoms with E-state index in [1.807, 2.05) is 5.79 Å². The van der Waals surface area contributed by atoms with Crippen LogP contribution in [0.4, 0.5) is 0 Å². The molecule has 0 amide bonds. The van der Waals surface area contributed by atoms with Crippen molar-refractivity contribution in [1.82, 2.24) is 0 Å². The maximum absolute atomic E-state index is 7.97. The Balaban J connectivity index is 0. The van der Waals surface area contributed by atoms with Gasteiger partial charge in [-0.05, 0) is 0 Å². The highest BCUT2D eigenvalue weighted by Gasteiger charge is 1.73. The van der Waals surface area contributed by atoms with Crippen molar-refractivity contribution in [2.75, 3.05) is 0 Å². The largest absolute Gasteiger partial charge is 0.286 e. The van der Waals surface area contributed by atoms with Gasteiger partial charge in [0.05, 0.1) is 0 Å². The van der Waals surface area contributed by atoms with Gasteiger partial charge >= 0.3 is 0 Å². The second-order valence-corrected chi connectivity index (χ2v) is 0.947. The zero-order chi connectivity index (χ0) is 5.58. The third kappa shape index (κ3) is 1050. The molecule has 0 saturated carbocycles. The van der Waals surface area contributed by atoms with E-state index < -0.39 is 0 Å². The molecule has 0 aliphatic heterocycles. The number of ketones is 1. The van der Waals surface area contributed by atoms with Crippen molar-refractivity contribution < 1.29 is 4.79 Å². The molecule has 1 nitrogen and oxygen atoms in total. The summed E-state index contributed by atoms with van der Waals surface area (Å²) < 4.78 is 0. The normalized spacial score (nSPS) is 5.17. The highest BCUT2D eigenvalue weighted by Crippen LogP contribution is 1.49. The molecule has 0 aliphatic rings. The van der Waals surface area contributed by atoms with E-state index in [0.717, 1.165) is 0 Å². The van der Waals surface area contributed by atoms with Crippen LogP contribution in [0, 0.1) is 0 Å². The Kier molecular flexibility index (Phi) is 14.2. The quantitative estimate of drug-likeness (QED) is 0.317. The van der Waals surface area contributed by atoms with Gasteiger partial charge in [-0.1, -0.05) is 0 Å². The molecular formula is C4H10AlO+. The smallest absolute Gasteiger partial charge is 0.284 e. The molecule has 0 bridgehead atoms. The van der Waals surface area contributed by atoms with Crippen LogP contribution in [0.25, 0.3) is 0 Å². The Morgan fingerprint density at radius 2 is 1.33 bits per heavy atom. The molecule has 0 fully saturated rings. The number of hydrogen-bond acceptors (Lipinski definition) is 0. The maximum Gasteiger partial charge on any atom is 0.286 e. The molecule has 0 aromatic rings. The fourth-order valence-corrected chi connectivity index (χ4v) is 0. The first-order chi connectivity index (χ1) is 2.73. The molecule has 0 rings (SSSR count). The Bertz CT molecular complexity index is 30.5. The highest BCUT2D eigenvalue weighted by atomic mass is 27.0. The SMILES string of the molecule is CC(C)=[OH+].[CH3][Al]. The van der Waals surface area contributed by atoms with Crippen LogP contribution in [0.3, 0.4) is 0 Å². The van der Waals surface area contributed by atoms with E-state index in [2.05, 4.69) is 16.3 Å². The van der Waals surface area contributed by atoms with Gasteiger partial charge in [-0.25, -0.2) is 0 Å². The van der Waals surface area contributed by atoms with E-state index in [4.69, 9.17) is 4.79 Å². The molecule has 0 unspecified atom stereocenters. The molecule has 0 aliphatic carbocycles. The van der Waals surface area contributed by atoms with Gasteiger partial charge in [-0.15, -0.1) is 5.79 Å². The predicted octanol–water partition coefficient (Wildman–Crippen LogP) is 0.774. The molecule has 0 saturated heterocycles. The Morgan fingerprint density at radius 3 is 1.33 bits per heavy atom. The summed E-state index contributed by atoms with van der Waals surface area (Å²) in [5.74, 6) is 2.33. The summed E-state index contributed by atoms with van der Waals surface area (Å²) in [4.78, 5) is 7.97. The van der Waals surface area contributed by atoms with Gasteiger partial charge in [0.15, 0.2) is 0 Å². The first kappa shape index (κ1) is 9.51. The van der Waals surface area contributed by atoms with Crippen LogP contribution < -0.4 is 0 Å². The summed E-state index contributed by atoms with van der Waals surface area (Å²) >= 11 is 2.42. The van der Waals surface area contributed by atoms with Crippen LogP contribution in [-0.4, -0.2) is 26.9 Å². The summed E-state index contributed by atoms with van der Waals surface area (Å²) in [5, 5.41) is 0. The van der Waals surface area contributed by atoms with Gasteiger partial charge in [0, 0.05) is 13.8 Å². The van der Waals surface area contributed by atoms with E-state index in [1.54, 1.807) is 13.8 Å². The van der Waals surface area contributed by atoms with Crippen molar-refractivity contribution in [2.24, 2.45) is 0 Å². The van der Waals surface area contributed by atoms with Gasteiger partial charge in [0.2, 0.25) is 0 Å². The lowest BCUT2D eigenvalue weighted by atomic mass is 10.6. The van der Waals surface area contributed by atoms with Crippen LogP contribution >= 0.6 is 0 Å². The lowest BCUT2D eigenvalue weighted by molar-refractivity contribution is 0.670. The minimum Gasteiger partial charge on any atom is -0.284 e. The molecule has 0 spiro atoms. The van der Waals surface area contributed by atoms with Crippen LogP contribution in [-0.2, 0) is 0 Å². The lowest BCUT2D eigenvalue weighted by Crippen LogP contribution is -1.71. The average Bonchev–Trinajstić information content (AvgIpc) is 1.41. The second kappa shape index (κ2) is 8.96. The molecule has 2 heteroatoms. The molecule has 0 aromatic carbocycles. The third-order valence-corrected chi connectivity index (χ3v) is 0. The summed E-state index contributed by atoms with van der Waals surface area (Å²) in [6.07, 6.45) is 0. The molecule has 0 aromatic heterocycles. The molecule has 2 radical (unpaired) electrons. The Morgan fingerprint density at radius 1 is 1.33 bits per heavy atom. The first-order valence-corrected chi connectivity index (χ1v) is 2.96. The summed E-state index contributed by atoms with van der Waals surface area (Å²) in [6.45, 7) is 3.28. The standard InChI is InChI=1S/C3H6O.CH3.Al/c1-3(2)4;;/h1-2H3;1H3;/p+1. The fourth-order valence-electron chi connectivity index (χ4n) is 0. The minimum atomic E-state index is 0.417. The van der Waals surface area contributed by atoms with Crippen LogP contribution in [0.15, 0.2) is 0 Å². The van der Waals surface area contributed by atoms with E-state index in [0.29, 0.717) is 5.78 Å². The van der Waals surface area contributed by atoms with Gasteiger partial charge in [0.1, 0.15) is 16.3 Å². The molecular weight excluding hydrogens is 91.0 g/mol. The molecule has 1 N–H and O–H groups in total. The number of rotatable bonds is 0. The molecule has 34 valence electrons. The first-order valence-electron chi connectivity index (χ1n) is 1.80. The Labute approximate surface area is 47.2 Å². The van der Waals surface area contributed by atoms with Crippen molar-refractivity contribution >= 4 is 22.1 Å². The zero-order valence-electron chi connectivity index (χ0n) is 4.52. The van der Waals surface area contributed by atoms with E-state index in [-0.39, 0.29) is 0 Å². The second-order valence-electron chi connectivity index (χ2n) is 0.947. The monoisotopic (exact) mass is 101 g/mol. The maximum atomic E-state index is 7.97. The van der Waals surface area contributed by atoms with Gasteiger partial charge in [-0.3, -0.25) is 4.79 Å². The highest BCUT2D eigenvalue weighted by molar-refractivity contribution is 6.05. The Hall–Kier alpha value is 0.202. The van der Waals surface area contributed by atoms with Crippen LogP contribution in [0.1, 0.15) is 13.8 Å². The third-order valence-electron chi connectivity index (χ3n) is 0. The van der Waals surface area contributed by atoms with Crippen molar-refractivity contribution in [3.05, 3.63) is 0 Å². The van der Waals surface area contributed by atoms with Crippen LogP contribution in [0.2, 0.25) is 5.79 Å². The zero-order valence-corrected chi connectivity index (χ0v) is 5.68. The average molecular weight is 101 g/mol. The summed E-state index contributed by atoms with van der Waals surface area (Å²) in [5.41, 5.74) is 0. The summed E-state index contributed by atoms with van der Waals surface area (Å²) in [7, 11) is 0. The van der Waals surface area contributed by atoms with Crippen molar-refractivity contribution in [3.63, 3.8) is 0 Å². The topological polar surface area (TPSA) is 21.4 Å². The van der Waals surface area contributed by atoms with E-state index >= 15 is 0 Å². The number of carbonyl (C=O) groups excluding carboxylic acids is 1. The van der Waals surface area contributed by atoms with Crippen LogP contribution in [0.5, 0.6) is 0 Å². The molecule has 6 heavy (non-hydrogen) atoms. The number of hydrogen-bond donors (Lipinski definition) is 0. The lowest BCUT2D eigenvalue weighted by Gasteiger charge is -1.46. The predicted molar refractivity (Wildman–Crippen MR) is 29.9 cm³/mol. The van der Waals surface area contributed by atoms with Crippen molar-refractivity contribution in [1.29, 1.82) is 0 Å². The van der Waals surface area contributed by atoms with Gasteiger partial charge in [0.25, 0.3) is 5.78 Å². The van der Waals surface area contributed by atoms with Crippen molar-refractivity contribution in [3.8, 4) is 0 Å². The van der Waals surface area contributed by atoms with Gasteiger partial charge < -0.3 is 0 Å². The van der Waals surface area contributed by atoms with Gasteiger partial charge in [-0.2, -0.15) is 0 Å². The van der Waals surface area contributed by atoms with E-state index in [9.17, 15) is 0 Å². The van der Waals surface area contributed by atoms with Crippen molar-refractivity contribution in [2.45, 2.75) is 19.6 Å². The molecule has 0 heterocycles. The fraction of sp³-hybridized carbons (Fsp3) is 0.750. The summed E-state index contributed by atoms with van der Waals surface area (Å²) in [6, 6.07) is 0. The molecule has 0 atom stereocenters. The minimum absolute atomic E-state index is 0.417. The van der Waals surface area contributed by atoms with E-state index in [1.165, 1.54) is 0 Å².